The first-order valence-electron chi connectivity index (χ1n) is 8.15. The first-order valence-corrected chi connectivity index (χ1v) is 8.15. The number of pyridine rings is 1. The molecule has 0 unspecified atom stereocenters. The number of hydrogen-bond acceptors (Lipinski definition) is 4. The van der Waals surface area contributed by atoms with Crippen LogP contribution in [0.5, 0.6) is 5.75 Å². The highest BCUT2D eigenvalue weighted by Crippen LogP contribution is 2.22. The Labute approximate surface area is 149 Å². The minimum atomic E-state index is -0.336. The standard InChI is InChI=1S/C20H16N4O2/c25-18-9-5-4-8-17(18)23-20(26)16-10-15-12-22-24(19(15)21-11-16)13-14-6-2-1-3-7-14/h1-12,25H,13H2,(H,23,26). The van der Waals surface area contributed by atoms with Crippen LogP contribution in [0.3, 0.4) is 0 Å². The Balaban J connectivity index is 1.58. The predicted octanol–water partition coefficient (Wildman–Crippen LogP) is 3.44. The minimum Gasteiger partial charge on any atom is -0.506 e. The van der Waals surface area contributed by atoms with E-state index >= 15 is 0 Å². The second kappa shape index (κ2) is 6.68. The smallest absolute Gasteiger partial charge is 0.257 e. The number of phenols is 1. The van der Waals surface area contributed by atoms with E-state index in [4.69, 9.17) is 0 Å². The first kappa shape index (κ1) is 15.8. The second-order valence-corrected chi connectivity index (χ2v) is 5.90. The molecule has 128 valence electrons. The van der Waals surface area contributed by atoms with E-state index < -0.39 is 0 Å². The molecule has 2 aromatic carbocycles. The topological polar surface area (TPSA) is 80.0 Å². The molecule has 4 rings (SSSR count). The fourth-order valence-corrected chi connectivity index (χ4v) is 2.74. The number of anilines is 1. The van der Waals surface area contributed by atoms with Gasteiger partial charge in [0.25, 0.3) is 5.91 Å². The van der Waals surface area contributed by atoms with Crippen molar-refractivity contribution < 1.29 is 9.90 Å². The number of fused-ring (bicyclic) bond motifs is 1. The molecule has 0 spiro atoms. The van der Waals surface area contributed by atoms with Gasteiger partial charge >= 0.3 is 0 Å². The van der Waals surface area contributed by atoms with Crippen LogP contribution in [-0.2, 0) is 6.54 Å². The van der Waals surface area contributed by atoms with E-state index in [1.54, 1.807) is 35.1 Å². The van der Waals surface area contributed by atoms with Gasteiger partial charge < -0.3 is 10.4 Å². The van der Waals surface area contributed by atoms with Crippen LogP contribution in [0.15, 0.2) is 73.1 Å². The summed E-state index contributed by atoms with van der Waals surface area (Å²) < 4.78 is 1.80. The summed E-state index contributed by atoms with van der Waals surface area (Å²) in [7, 11) is 0. The number of carbonyl (C=O) groups excluding carboxylic acids is 1. The van der Waals surface area contributed by atoms with Crippen molar-refractivity contribution in [1.29, 1.82) is 0 Å². The number of nitrogens with zero attached hydrogens (tertiary/aromatic N) is 3. The lowest BCUT2D eigenvalue weighted by Crippen LogP contribution is -2.12. The zero-order chi connectivity index (χ0) is 17.9. The molecule has 0 aliphatic heterocycles. The van der Waals surface area contributed by atoms with Gasteiger partial charge in [-0.05, 0) is 23.8 Å². The summed E-state index contributed by atoms with van der Waals surface area (Å²) >= 11 is 0. The van der Waals surface area contributed by atoms with E-state index in [1.807, 2.05) is 30.3 Å². The highest BCUT2D eigenvalue weighted by Gasteiger charge is 2.12. The SMILES string of the molecule is O=C(Nc1ccccc1O)c1cnc2c(cnn2Cc2ccccc2)c1. The van der Waals surface area contributed by atoms with Crippen LogP contribution in [0.1, 0.15) is 15.9 Å². The third-order valence-electron chi connectivity index (χ3n) is 4.07. The highest BCUT2D eigenvalue weighted by molar-refractivity contribution is 6.06. The lowest BCUT2D eigenvalue weighted by Gasteiger charge is -2.07. The zero-order valence-electron chi connectivity index (χ0n) is 13.8. The summed E-state index contributed by atoms with van der Waals surface area (Å²) in [6, 6.07) is 18.3. The van der Waals surface area contributed by atoms with E-state index in [1.165, 1.54) is 12.3 Å². The van der Waals surface area contributed by atoms with Gasteiger partial charge in [-0.15, -0.1) is 0 Å². The van der Waals surface area contributed by atoms with Crippen molar-refractivity contribution in [2.75, 3.05) is 5.32 Å². The van der Waals surface area contributed by atoms with Gasteiger partial charge in [0.05, 0.1) is 24.0 Å². The Morgan fingerprint density at radius 3 is 2.62 bits per heavy atom. The number of hydrogen-bond donors (Lipinski definition) is 2. The molecule has 0 atom stereocenters. The van der Waals surface area contributed by atoms with E-state index in [2.05, 4.69) is 15.4 Å². The van der Waals surface area contributed by atoms with Crippen molar-refractivity contribution >= 4 is 22.6 Å². The van der Waals surface area contributed by atoms with Crippen LogP contribution in [-0.4, -0.2) is 25.8 Å². The lowest BCUT2D eigenvalue weighted by molar-refractivity contribution is 0.102. The van der Waals surface area contributed by atoms with E-state index in [-0.39, 0.29) is 11.7 Å². The Bertz CT molecular complexity index is 1070. The average molecular weight is 344 g/mol. The predicted molar refractivity (Wildman–Crippen MR) is 99.1 cm³/mol. The summed E-state index contributed by atoms with van der Waals surface area (Å²) in [6.07, 6.45) is 3.21. The third-order valence-corrected chi connectivity index (χ3v) is 4.07. The molecule has 2 heterocycles. The van der Waals surface area contributed by atoms with Crippen molar-refractivity contribution in [3.05, 3.63) is 84.2 Å². The van der Waals surface area contributed by atoms with Gasteiger partial charge in [-0.1, -0.05) is 42.5 Å². The monoisotopic (exact) mass is 344 g/mol. The van der Waals surface area contributed by atoms with Crippen molar-refractivity contribution in [2.24, 2.45) is 0 Å². The normalized spacial score (nSPS) is 10.8. The Morgan fingerprint density at radius 2 is 1.81 bits per heavy atom. The van der Waals surface area contributed by atoms with Gasteiger partial charge in [-0.25, -0.2) is 9.67 Å². The molecule has 2 aromatic heterocycles. The molecule has 1 amide bonds. The maximum atomic E-state index is 12.4. The van der Waals surface area contributed by atoms with Gasteiger partial charge in [0.2, 0.25) is 0 Å². The van der Waals surface area contributed by atoms with Crippen LogP contribution < -0.4 is 5.32 Å². The van der Waals surface area contributed by atoms with Crippen LogP contribution in [0.2, 0.25) is 0 Å². The molecule has 0 saturated carbocycles. The molecule has 0 fully saturated rings. The quantitative estimate of drug-likeness (QED) is 0.556. The number of carbonyl (C=O) groups is 1. The Hall–Kier alpha value is -3.67. The van der Waals surface area contributed by atoms with Gasteiger partial charge in [0.1, 0.15) is 5.75 Å². The molecule has 0 radical (unpaired) electrons. The molecule has 4 aromatic rings. The number of phenolic OH excluding ortho intramolecular Hbond substituents is 1. The molecule has 26 heavy (non-hydrogen) atoms. The van der Waals surface area contributed by atoms with Crippen LogP contribution in [0.4, 0.5) is 5.69 Å². The van der Waals surface area contributed by atoms with Crippen LogP contribution >= 0.6 is 0 Å². The van der Waals surface area contributed by atoms with Crippen molar-refractivity contribution in [2.45, 2.75) is 6.54 Å². The fraction of sp³-hybridized carbons (Fsp3) is 0.0500. The molecule has 6 nitrogen and oxygen atoms in total. The van der Waals surface area contributed by atoms with E-state index in [0.29, 0.717) is 23.4 Å². The summed E-state index contributed by atoms with van der Waals surface area (Å²) in [5.41, 5.74) is 2.60. The van der Waals surface area contributed by atoms with E-state index in [9.17, 15) is 9.90 Å². The van der Waals surface area contributed by atoms with Crippen molar-refractivity contribution in [3.63, 3.8) is 0 Å². The molecular weight excluding hydrogens is 328 g/mol. The van der Waals surface area contributed by atoms with Gasteiger partial charge in [-0.3, -0.25) is 4.79 Å². The number of rotatable bonds is 4. The van der Waals surface area contributed by atoms with Crippen LogP contribution in [0, 0.1) is 0 Å². The summed E-state index contributed by atoms with van der Waals surface area (Å²) in [5.74, 6) is -0.317. The maximum absolute atomic E-state index is 12.4. The largest absolute Gasteiger partial charge is 0.506 e. The third kappa shape index (κ3) is 3.12. The minimum absolute atomic E-state index is 0.0190. The summed E-state index contributed by atoms with van der Waals surface area (Å²) in [4.78, 5) is 16.8. The second-order valence-electron chi connectivity index (χ2n) is 5.90. The van der Waals surface area contributed by atoms with Gasteiger partial charge in [-0.2, -0.15) is 5.10 Å². The summed E-state index contributed by atoms with van der Waals surface area (Å²) in [6.45, 7) is 0.612. The highest BCUT2D eigenvalue weighted by atomic mass is 16.3. The zero-order valence-corrected chi connectivity index (χ0v) is 13.8. The molecule has 0 aliphatic carbocycles. The maximum Gasteiger partial charge on any atom is 0.257 e. The lowest BCUT2D eigenvalue weighted by atomic mass is 10.2. The average Bonchev–Trinajstić information content (AvgIpc) is 3.06. The number of amides is 1. The molecular formula is C20H16N4O2. The molecule has 0 bridgehead atoms. The van der Waals surface area contributed by atoms with Crippen molar-refractivity contribution in [1.82, 2.24) is 14.8 Å². The fourth-order valence-electron chi connectivity index (χ4n) is 2.74. The van der Waals surface area contributed by atoms with Gasteiger partial charge in [0, 0.05) is 11.6 Å². The number of aromatic nitrogens is 3. The summed E-state index contributed by atoms with van der Waals surface area (Å²) in [5, 5.41) is 17.6. The number of benzene rings is 2. The number of para-hydroxylation sites is 2. The number of aromatic hydroxyl groups is 1. The molecule has 0 aliphatic rings. The molecule has 0 saturated heterocycles. The Kier molecular flexibility index (Phi) is 4.07. The van der Waals surface area contributed by atoms with Gasteiger partial charge in [0.15, 0.2) is 5.65 Å². The Morgan fingerprint density at radius 1 is 1.04 bits per heavy atom. The molecule has 6 heteroatoms. The number of nitrogens with one attached hydrogen (secondary N) is 1. The molecule has 2 N–H and O–H groups in total. The first-order chi connectivity index (χ1) is 12.7. The van der Waals surface area contributed by atoms with Crippen molar-refractivity contribution in [3.8, 4) is 5.75 Å². The van der Waals surface area contributed by atoms with Crippen LogP contribution in [0.25, 0.3) is 11.0 Å². The van der Waals surface area contributed by atoms with E-state index in [0.717, 1.165) is 10.9 Å².